The van der Waals surface area contributed by atoms with Gasteiger partial charge in [-0.3, -0.25) is 0 Å². The number of aliphatic hydroxyl groups excluding tert-OH is 1. The zero-order chi connectivity index (χ0) is 6.69. The van der Waals surface area contributed by atoms with Crippen molar-refractivity contribution in [3.63, 3.8) is 0 Å². The highest BCUT2D eigenvalue weighted by Crippen LogP contribution is 2.17. The minimum Gasteiger partial charge on any atom is -0.392 e. The molecular formula is C7H15NO. The Morgan fingerprint density at radius 1 is 1.33 bits per heavy atom. The summed E-state index contributed by atoms with van der Waals surface area (Å²) in [5.74, 6) is 0. The smallest absolute Gasteiger partial charge is 0.0693 e. The predicted octanol–water partition coefficient (Wildman–Crippen LogP) is 0.509. The summed E-state index contributed by atoms with van der Waals surface area (Å²) in [5, 5.41) is 12.4. The summed E-state index contributed by atoms with van der Waals surface area (Å²) in [6.45, 7) is 0. The van der Waals surface area contributed by atoms with Gasteiger partial charge in [-0.2, -0.15) is 0 Å². The molecule has 0 amide bonds. The molecule has 2 nitrogen and oxygen atoms in total. The first-order valence-corrected chi connectivity index (χ1v) is 3.70. The predicted molar refractivity (Wildman–Crippen MR) is 37.3 cm³/mol. The van der Waals surface area contributed by atoms with Gasteiger partial charge >= 0.3 is 0 Å². The van der Waals surface area contributed by atoms with Crippen LogP contribution in [0.1, 0.15) is 25.7 Å². The van der Waals surface area contributed by atoms with Gasteiger partial charge in [-0.15, -0.1) is 0 Å². The van der Waals surface area contributed by atoms with E-state index in [2.05, 4.69) is 5.32 Å². The molecule has 1 saturated carbocycles. The van der Waals surface area contributed by atoms with Gasteiger partial charge in [-0.25, -0.2) is 0 Å². The van der Waals surface area contributed by atoms with Crippen molar-refractivity contribution in [3.05, 3.63) is 0 Å². The second-order valence-corrected chi connectivity index (χ2v) is 2.75. The number of rotatable bonds is 1. The van der Waals surface area contributed by atoms with Crippen LogP contribution < -0.4 is 5.32 Å². The average Bonchev–Trinajstić information content (AvgIpc) is 1.89. The van der Waals surface area contributed by atoms with Gasteiger partial charge in [0.1, 0.15) is 0 Å². The molecule has 1 aliphatic carbocycles. The van der Waals surface area contributed by atoms with Crippen LogP contribution in [0.2, 0.25) is 0 Å². The molecule has 0 aromatic heterocycles. The maximum absolute atomic E-state index is 9.31. The minimum absolute atomic E-state index is 0.0938. The fourth-order valence-corrected chi connectivity index (χ4v) is 1.45. The lowest BCUT2D eigenvalue weighted by Crippen LogP contribution is -2.39. The molecule has 2 atom stereocenters. The SMILES string of the molecule is CN[C@H]1CCCCC1O. The highest BCUT2D eigenvalue weighted by molar-refractivity contribution is 4.78. The van der Waals surface area contributed by atoms with Crippen molar-refractivity contribution in [2.45, 2.75) is 37.8 Å². The van der Waals surface area contributed by atoms with Gasteiger partial charge in [0, 0.05) is 6.04 Å². The van der Waals surface area contributed by atoms with E-state index in [-0.39, 0.29) is 6.10 Å². The van der Waals surface area contributed by atoms with Crippen LogP contribution in [0.5, 0.6) is 0 Å². The first-order valence-electron chi connectivity index (χ1n) is 3.70. The van der Waals surface area contributed by atoms with Crippen LogP contribution in [-0.4, -0.2) is 24.3 Å². The lowest BCUT2D eigenvalue weighted by molar-refractivity contribution is 0.0948. The molecule has 2 N–H and O–H groups in total. The van der Waals surface area contributed by atoms with Crippen molar-refractivity contribution in [1.29, 1.82) is 0 Å². The molecule has 0 bridgehead atoms. The Hall–Kier alpha value is -0.0800. The van der Waals surface area contributed by atoms with Crippen LogP contribution in [0.25, 0.3) is 0 Å². The van der Waals surface area contributed by atoms with Crippen LogP contribution in [0.15, 0.2) is 0 Å². The monoisotopic (exact) mass is 129 g/mol. The molecule has 0 heterocycles. The molecule has 1 fully saturated rings. The molecule has 1 unspecified atom stereocenters. The summed E-state index contributed by atoms with van der Waals surface area (Å²) in [5.41, 5.74) is 0. The van der Waals surface area contributed by atoms with Gasteiger partial charge in [0.15, 0.2) is 0 Å². The second-order valence-electron chi connectivity index (χ2n) is 2.75. The van der Waals surface area contributed by atoms with Crippen LogP contribution in [0, 0.1) is 0 Å². The highest BCUT2D eigenvalue weighted by atomic mass is 16.3. The Morgan fingerprint density at radius 2 is 2.00 bits per heavy atom. The summed E-state index contributed by atoms with van der Waals surface area (Å²) in [7, 11) is 1.92. The molecule has 1 rings (SSSR count). The zero-order valence-electron chi connectivity index (χ0n) is 5.93. The summed E-state index contributed by atoms with van der Waals surface area (Å²) in [6, 6.07) is 0.360. The average molecular weight is 129 g/mol. The first kappa shape index (κ1) is 7.03. The van der Waals surface area contributed by atoms with E-state index in [1.807, 2.05) is 7.05 Å². The lowest BCUT2D eigenvalue weighted by Gasteiger charge is -2.26. The van der Waals surface area contributed by atoms with Crippen LogP contribution >= 0.6 is 0 Å². The summed E-state index contributed by atoms with van der Waals surface area (Å²) < 4.78 is 0. The van der Waals surface area contributed by atoms with Crippen LogP contribution in [0.4, 0.5) is 0 Å². The zero-order valence-corrected chi connectivity index (χ0v) is 5.93. The Balaban J connectivity index is 2.30. The summed E-state index contributed by atoms with van der Waals surface area (Å²) in [4.78, 5) is 0. The summed E-state index contributed by atoms with van der Waals surface area (Å²) in [6.07, 6.45) is 4.48. The van der Waals surface area contributed by atoms with Gasteiger partial charge in [0.05, 0.1) is 6.10 Å². The topological polar surface area (TPSA) is 32.3 Å². The Labute approximate surface area is 56.3 Å². The molecule has 0 spiro atoms. The molecule has 2 heteroatoms. The van der Waals surface area contributed by atoms with E-state index in [1.165, 1.54) is 12.8 Å². The van der Waals surface area contributed by atoms with E-state index >= 15 is 0 Å². The van der Waals surface area contributed by atoms with Gasteiger partial charge in [0.25, 0.3) is 0 Å². The maximum Gasteiger partial charge on any atom is 0.0693 e. The molecule has 0 aromatic rings. The van der Waals surface area contributed by atoms with Crippen LogP contribution in [-0.2, 0) is 0 Å². The van der Waals surface area contributed by atoms with E-state index in [0.717, 1.165) is 12.8 Å². The second kappa shape index (κ2) is 3.18. The number of hydrogen-bond acceptors (Lipinski definition) is 2. The van der Waals surface area contributed by atoms with Crippen molar-refractivity contribution in [2.24, 2.45) is 0 Å². The van der Waals surface area contributed by atoms with Crippen molar-refractivity contribution >= 4 is 0 Å². The van der Waals surface area contributed by atoms with Crippen molar-refractivity contribution < 1.29 is 5.11 Å². The van der Waals surface area contributed by atoms with Crippen molar-refractivity contribution in [3.8, 4) is 0 Å². The quantitative estimate of drug-likeness (QED) is 0.540. The third kappa shape index (κ3) is 1.66. The minimum atomic E-state index is -0.0938. The molecular weight excluding hydrogens is 114 g/mol. The number of aliphatic hydroxyl groups is 1. The summed E-state index contributed by atoms with van der Waals surface area (Å²) >= 11 is 0. The molecule has 0 aliphatic heterocycles. The van der Waals surface area contributed by atoms with E-state index in [4.69, 9.17) is 0 Å². The number of likely N-dealkylation sites (N-methyl/N-ethyl adjacent to an activating group) is 1. The Morgan fingerprint density at radius 3 is 2.44 bits per heavy atom. The van der Waals surface area contributed by atoms with Crippen LogP contribution in [0.3, 0.4) is 0 Å². The molecule has 0 aromatic carbocycles. The fraction of sp³-hybridized carbons (Fsp3) is 1.00. The van der Waals surface area contributed by atoms with Crippen molar-refractivity contribution in [1.82, 2.24) is 5.32 Å². The largest absolute Gasteiger partial charge is 0.392 e. The van der Waals surface area contributed by atoms with E-state index in [0.29, 0.717) is 6.04 Å². The molecule has 0 saturated heterocycles. The Kier molecular flexibility index (Phi) is 2.49. The number of nitrogens with one attached hydrogen (secondary N) is 1. The molecule has 0 radical (unpaired) electrons. The number of hydrogen-bond donors (Lipinski definition) is 2. The third-order valence-electron chi connectivity index (χ3n) is 2.10. The Bertz CT molecular complexity index is 85.0. The normalized spacial score (nSPS) is 36.7. The van der Waals surface area contributed by atoms with E-state index in [9.17, 15) is 5.11 Å². The third-order valence-corrected chi connectivity index (χ3v) is 2.10. The molecule has 1 aliphatic rings. The lowest BCUT2D eigenvalue weighted by atomic mass is 9.93. The fourth-order valence-electron chi connectivity index (χ4n) is 1.45. The maximum atomic E-state index is 9.31. The van der Waals surface area contributed by atoms with Gasteiger partial charge in [-0.05, 0) is 19.9 Å². The van der Waals surface area contributed by atoms with Gasteiger partial charge < -0.3 is 10.4 Å². The standard InChI is InChI=1S/C7H15NO/c1-8-6-4-2-3-5-7(6)9/h6-9H,2-5H2,1H3/t6-,7?/m0/s1. The first-order chi connectivity index (χ1) is 4.34. The van der Waals surface area contributed by atoms with Gasteiger partial charge in [-0.1, -0.05) is 12.8 Å². The molecule has 9 heavy (non-hydrogen) atoms. The highest BCUT2D eigenvalue weighted by Gasteiger charge is 2.20. The van der Waals surface area contributed by atoms with Gasteiger partial charge in [0.2, 0.25) is 0 Å². The van der Waals surface area contributed by atoms with Crippen molar-refractivity contribution in [2.75, 3.05) is 7.05 Å². The van der Waals surface area contributed by atoms with E-state index < -0.39 is 0 Å². The van der Waals surface area contributed by atoms with E-state index in [1.54, 1.807) is 0 Å². The molecule has 54 valence electrons.